The van der Waals surface area contributed by atoms with Crippen LogP contribution in [0.4, 0.5) is 0 Å². The number of amides is 1. The summed E-state index contributed by atoms with van der Waals surface area (Å²) in [6.07, 6.45) is 3.23. The summed E-state index contributed by atoms with van der Waals surface area (Å²) >= 11 is 0. The van der Waals surface area contributed by atoms with Crippen LogP contribution in [0.3, 0.4) is 0 Å². The summed E-state index contributed by atoms with van der Waals surface area (Å²) in [5.41, 5.74) is 0.839. The molecule has 1 amide bonds. The van der Waals surface area contributed by atoms with E-state index < -0.39 is 0 Å². The zero-order chi connectivity index (χ0) is 14.5. The molecule has 0 spiro atoms. The Morgan fingerprint density at radius 1 is 1.60 bits per heavy atom. The monoisotopic (exact) mass is 278 g/mol. The lowest BCUT2D eigenvalue weighted by atomic mass is 10.3. The second kappa shape index (κ2) is 6.29. The first-order chi connectivity index (χ1) is 9.61. The first-order valence-electron chi connectivity index (χ1n) is 6.31. The van der Waals surface area contributed by atoms with E-state index in [9.17, 15) is 4.79 Å². The van der Waals surface area contributed by atoms with Gasteiger partial charge in [0, 0.05) is 25.5 Å². The quantitative estimate of drug-likeness (QED) is 0.799. The average molecular weight is 278 g/mol. The highest BCUT2D eigenvalue weighted by atomic mass is 16.5. The Morgan fingerprint density at radius 3 is 3.05 bits per heavy atom. The van der Waals surface area contributed by atoms with Crippen molar-refractivity contribution in [2.24, 2.45) is 0 Å². The highest BCUT2D eigenvalue weighted by Crippen LogP contribution is 2.09. The van der Waals surface area contributed by atoms with Crippen molar-refractivity contribution in [2.75, 3.05) is 13.7 Å². The van der Waals surface area contributed by atoms with E-state index in [1.165, 1.54) is 0 Å². The number of hydrogen-bond acceptors (Lipinski definition) is 5. The van der Waals surface area contributed by atoms with Crippen molar-refractivity contribution in [3.63, 3.8) is 0 Å². The third kappa shape index (κ3) is 3.21. The summed E-state index contributed by atoms with van der Waals surface area (Å²) in [5, 5.41) is 10.7. The predicted molar refractivity (Wildman–Crippen MR) is 71.1 cm³/mol. The number of hydrogen-bond donors (Lipinski definition) is 2. The molecule has 1 unspecified atom stereocenters. The molecule has 0 aliphatic rings. The van der Waals surface area contributed by atoms with Crippen LogP contribution in [-0.2, 0) is 11.3 Å². The van der Waals surface area contributed by atoms with Crippen molar-refractivity contribution >= 4 is 5.91 Å². The number of carbonyl (C=O) groups excluding carboxylic acids is 1. The maximum Gasteiger partial charge on any atom is 0.287 e. The molecule has 2 aromatic heterocycles. The molecule has 2 heterocycles. The number of ether oxygens (including phenoxy) is 1. The number of methoxy groups -OCH3 is 1. The van der Waals surface area contributed by atoms with Crippen molar-refractivity contribution in [1.82, 2.24) is 30.0 Å². The van der Waals surface area contributed by atoms with Gasteiger partial charge < -0.3 is 19.6 Å². The first kappa shape index (κ1) is 14.2. The summed E-state index contributed by atoms with van der Waals surface area (Å²) < 4.78 is 6.87. The van der Waals surface area contributed by atoms with Crippen LogP contribution in [0.2, 0.25) is 0 Å². The van der Waals surface area contributed by atoms with Gasteiger partial charge in [0.05, 0.1) is 12.6 Å². The fourth-order valence-electron chi connectivity index (χ4n) is 1.82. The highest BCUT2D eigenvalue weighted by Gasteiger charge is 2.18. The molecule has 0 saturated heterocycles. The van der Waals surface area contributed by atoms with E-state index in [4.69, 9.17) is 4.74 Å². The lowest BCUT2D eigenvalue weighted by Crippen LogP contribution is -2.29. The Bertz CT molecular complexity index is 576. The topological polar surface area (TPSA) is 97.7 Å². The van der Waals surface area contributed by atoms with Gasteiger partial charge in [-0.05, 0) is 13.8 Å². The minimum Gasteiger partial charge on any atom is -0.383 e. The summed E-state index contributed by atoms with van der Waals surface area (Å²) in [4.78, 5) is 18.9. The molecule has 0 saturated carbocycles. The standard InChI is InChI=1S/C12H18N6O2/c1-8-6-13-10(15-8)12(19)16-9(2)11-17-14-7-18(11)4-5-20-3/h6-7,9H,4-5H2,1-3H3,(H,13,15)(H,16,19). The molecule has 0 aromatic carbocycles. The van der Waals surface area contributed by atoms with E-state index in [1.807, 2.05) is 18.4 Å². The summed E-state index contributed by atoms with van der Waals surface area (Å²) in [6, 6.07) is -0.271. The molecular formula is C12H18N6O2. The minimum absolute atomic E-state index is 0.271. The average Bonchev–Trinajstić information content (AvgIpc) is 3.04. The molecule has 0 fully saturated rings. The van der Waals surface area contributed by atoms with Crippen LogP contribution in [0.15, 0.2) is 12.5 Å². The van der Waals surface area contributed by atoms with Gasteiger partial charge in [0.15, 0.2) is 11.6 Å². The molecular weight excluding hydrogens is 260 g/mol. The summed E-state index contributed by atoms with van der Waals surface area (Å²) in [6.45, 7) is 4.89. The van der Waals surface area contributed by atoms with Crippen molar-refractivity contribution in [3.8, 4) is 0 Å². The number of aromatic nitrogens is 5. The number of H-pyrrole nitrogens is 1. The molecule has 0 aliphatic carbocycles. The van der Waals surface area contributed by atoms with Gasteiger partial charge in [-0.15, -0.1) is 10.2 Å². The lowest BCUT2D eigenvalue weighted by molar-refractivity contribution is 0.0927. The number of imidazole rings is 1. The van der Waals surface area contributed by atoms with E-state index in [-0.39, 0.29) is 17.8 Å². The Morgan fingerprint density at radius 2 is 2.40 bits per heavy atom. The Kier molecular flexibility index (Phi) is 4.46. The zero-order valence-corrected chi connectivity index (χ0v) is 11.8. The molecule has 2 aromatic rings. The highest BCUT2D eigenvalue weighted by molar-refractivity contribution is 5.90. The second-order valence-electron chi connectivity index (χ2n) is 4.49. The maximum absolute atomic E-state index is 12.0. The molecule has 0 radical (unpaired) electrons. The van der Waals surface area contributed by atoms with Gasteiger partial charge in [0.1, 0.15) is 6.33 Å². The number of nitrogens with zero attached hydrogens (tertiary/aromatic N) is 4. The van der Waals surface area contributed by atoms with Crippen LogP contribution < -0.4 is 5.32 Å². The number of rotatable bonds is 6. The van der Waals surface area contributed by atoms with E-state index in [1.54, 1.807) is 19.6 Å². The zero-order valence-electron chi connectivity index (χ0n) is 11.8. The molecule has 8 heteroatoms. The van der Waals surface area contributed by atoms with Crippen LogP contribution in [0.5, 0.6) is 0 Å². The summed E-state index contributed by atoms with van der Waals surface area (Å²) in [5.74, 6) is 0.697. The minimum atomic E-state index is -0.271. The number of aromatic amines is 1. The lowest BCUT2D eigenvalue weighted by Gasteiger charge is -2.13. The maximum atomic E-state index is 12.0. The molecule has 20 heavy (non-hydrogen) atoms. The second-order valence-corrected chi connectivity index (χ2v) is 4.49. The first-order valence-corrected chi connectivity index (χ1v) is 6.31. The molecule has 0 aliphatic heterocycles. The van der Waals surface area contributed by atoms with E-state index in [0.717, 1.165) is 5.69 Å². The third-order valence-corrected chi connectivity index (χ3v) is 2.83. The normalized spacial score (nSPS) is 12.3. The van der Waals surface area contributed by atoms with E-state index in [0.29, 0.717) is 19.0 Å². The van der Waals surface area contributed by atoms with Gasteiger partial charge >= 0.3 is 0 Å². The van der Waals surface area contributed by atoms with Crippen molar-refractivity contribution in [3.05, 3.63) is 29.9 Å². The van der Waals surface area contributed by atoms with Crippen molar-refractivity contribution in [1.29, 1.82) is 0 Å². The summed E-state index contributed by atoms with van der Waals surface area (Å²) in [7, 11) is 1.63. The van der Waals surface area contributed by atoms with Crippen LogP contribution >= 0.6 is 0 Å². The van der Waals surface area contributed by atoms with Gasteiger partial charge in [-0.2, -0.15) is 0 Å². The number of aryl methyl sites for hydroxylation is 1. The van der Waals surface area contributed by atoms with Crippen LogP contribution in [0.25, 0.3) is 0 Å². The molecule has 2 rings (SSSR count). The van der Waals surface area contributed by atoms with Gasteiger partial charge in [0.25, 0.3) is 5.91 Å². The number of carbonyl (C=O) groups is 1. The van der Waals surface area contributed by atoms with Crippen LogP contribution in [0, 0.1) is 6.92 Å². The van der Waals surface area contributed by atoms with Crippen LogP contribution in [0.1, 0.15) is 35.1 Å². The van der Waals surface area contributed by atoms with Gasteiger partial charge in [-0.3, -0.25) is 4.79 Å². The fraction of sp³-hybridized carbons (Fsp3) is 0.500. The Labute approximate surface area is 116 Å². The predicted octanol–water partition coefficient (Wildman–Crippen LogP) is 0.447. The van der Waals surface area contributed by atoms with Gasteiger partial charge in [-0.25, -0.2) is 4.98 Å². The molecule has 2 N–H and O–H groups in total. The molecule has 108 valence electrons. The Balaban J connectivity index is 2.02. The van der Waals surface area contributed by atoms with Crippen molar-refractivity contribution in [2.45, 2.75) is 26.4 Å². The van der Waals surface area contributed by atoms with E-state index >= 15 is 0 Å². The Hall–Kier alpha value is -2.22. The molecule has 0 bridgehead atoms. The smallest absolute Gasteiger partial charge is 0.287 e. The van der Waals surface area contributed by atoms with E-state index in [2.05, 4.69) is 25.5 Å². The van der Waals surface area contributed by atoms with Gasteiger partial charge in [0.2, 0.25) is 0 Å². The van der Waals surface area contributed by atoms with Crippen molar-refractivity contribution < 1.29 is 9.53 Å². The molecule has 1 atom stereocenters. The SMILES string of the molecule is COCCn1cnnc1C(C)NC(=O)c1ncc(C)[nH]1. The van der Waals surface area contributed by atoms with Gasteiger partial charge in [-0.1, -0.05) is 0 Å². The third-order valence-electron chi connectivity index (χ3n) is 2.83. The van der Waals surface area contributed by atoms with Crippen LogP contribution in [-0.4, -0.2) is 44.4 Å². The number of nitrogens with one attached hydrogen (secondary N) is 2. The largest absolute Gasteiger partial charge is 0.383 e. The molecule has 8 nitrogen and oxygen atoms in total. The fourth-order valence-corrected chi connectivity index (χ4v) is 1.82.